The molecule has 0 saturated carbocycles. The Morgan fingerprint density at radius 1 is 1.08 bits per heavy atom. The molecule has 1 fully saturated rings. The van der Waals surface area contributed by atoms with Gasteiger partial charge in [0, 0.05) is 5.57 Å². The number of rotatable bonds is 5. The predicted molar refractivity (Wildman–Crippen MR) is 113 cm³/mol. The normalized spacial score (nSPS) is 24.9. The fourth-order valence-electron chi connectivity index (χ4n) is 3.49. The SMILES string of the molecule is CC/C(=C1/OC(=O)[C@@](CC)(c2ccccc2)[C@@H](SC)S1)c1ccccc1. The molecule has 0 aliphatic carbocycles. The largest absolute Gasteiger partial charge is 0.418 e. The molecule has 0 N–H and O–H groups in total. The van der Waals surface area contributed by atoms with Gasteiger partial charge in [-0.15, -0.1) is 11.8 Å². The molecule has 1 aliphatic heterocycles. The van der Waals surface area contributed by atoms with Crippen LogP contribution in [0.25, 0.3) is 5.57 Å². The van der Waals surface area contributed by atoms with Crippen LogP contribution in [0.3, 0.4) is 0 Å². The number of benzene rings is 2. The third-order valence-corrected chi connectivity index (χ3v) is 7.81. The van der Waals surface area contributed by atoms with E-state index in [0.717, 1.165) is 28.2 Å². The van der Waals surface area contributed by atoms with Gasteiger partial charge in [0.2, 0.25) is 0 Å². The molecule has 2 atom stereocenters. The van der Waals surface area contributed by atoms with Gasteiger partial charge >= 0.3 is 5.97 Å². The van der Waals surface area contributed by atoms with Gasteiger partial charge < -0.3 is 4.74 Å². The number of carbonyl (C=O) groups excluding carboxylic acids is 1. The molecule has 2 aromatic rings. The number of esters is 1. The second-order valence-corrected chi connectivity index (χ2v) is 8.57. The number of hydrogen-bond acceptors (Lipinski definition) is 4. The van der Waals surface area contributed by atoms with E-state index < -0.39 is 5.41 Å². The summed E-state index contributed by atoms with van der Waals surface area (Å²) in [5, 5.41) is 0.753. The molecule has 0 amide bonds. The van der Waals surface area contributed by atoms with E-state index >= 15 is 0 Å². The summed E-state index contributed by atoms with van der Waals surface area (Å²) in [6.07, 6.45) is 3.62. The lowest BCUT2D eigenvalue weighted by Crippen LogP contribution is -2.47. The van der Waals surface area contributed by atoms with Gasteiger partial charge in [0.25, 0.3) is 0 Å². The summed E-state index contributed by atoms with van der Waals surface area (Å²) >= 11 is 3.42. The Hall–Kier alpha value is -1.65. The minimum absolute atomic E-state index is 0.0800. The first-order valence-corrected chi connectivity index (χ1v) is 11.1. The van der Waals surface area contributed by atoms with Crippen LogP contribution in [-0.4, -0.2) is 16.8 Å². The number of carbonyl (C=O) groups is 1. The molecular weight excluding hydrogens is 360 g/mol. The fraction of sp³-hybridized carbons (Fsp3) is 0.318. The molecular formula is C22H24O2S2. The third-order valence-electron chi connectivity index (χ3n) is 4.95. The fourth-order valence-corrected chi connectivity index (χ4v) is 6.26. The molecule has 3 rings (SSSR count). The molecule has 0 aromatic heterocycles. The Morgan fingerprint density at radius 3 is 2.23 bits per heavy atom. The molecule has 1 saturated heterocycles. The zero-order valence-corrected chi connectivity index (χ0v) is 17.0. The zero-order chi connectivity index (χ0) is 18.6. The van der Waals surface area contributed by atoms with E-state index in [4.69, 9.17) is 4.74 Å². The molecule has 1 heterocycles. The van der Waals surface area contributed by atoms with Crippen LogP contribution in [0.1, 0.15) is 37.8 Å². The Labute approximate surface area is 164 Å². The predicted octanol–water partition coefficient (Wildman–Crippen LogP) is 6.09. The zero-order valence-electron chi connectivity index (χ0n) is 15.4. The van der Waals surface area contributed by atoms with Gasteiger partial charge in [0.1, 0.15) is 5.41 Å². The van der Waals surface area contributed by atoms with Crippen LogP contribution in [0.15, 0.2) is 65.8 Å². The van der Waals surface area contributed by atoms with Crippen LogP contribution in [0.5, 0.6) is 0 Å². The summed E-state index contributed by atoms with van der Waals surface area (Å²) in [6, 6.07) is 20.3. The van der Waals surface area contributed by atoms with Crippen LogP contribution < -0.4 is 0 Å². The Kier molecular flexibility index (Phi) is 6.15. The molecule has 0 bridgehead atoms. The van der Waals surface area contributed by atoms with E-state index in [9.17, 15) is 4.79 Å². The van der Waals surface area contributed by atoms with E-state index in [1.807, 2.05) is 48.5 Å². The molecule has 26 heavy (non-hydrogen) atoms. The van der Waals surface area contributed by atoms with Gasteiger partial charge in [-0.05, 0) is 30.2 Å². The lowest BCUT2D eigenvalue weighted by atomic mass is 9.79. The quantitative estimate of drug-likeness (QED) is 0.583. The first-order chi connectivity index (χ1) is 12.7. The second kappa shape index (κ2) is 8.36. The standard InChI is InChI=1S/C22H24O2S2/c1-4-18(16-12-8-6-9-13-16)19-24-20(23)22(5-2,21(25-3)26-19)17-14-10-7-11-15-17/h6-15,21H,4-5H2,1-3H3/b19-18+/t21-,22+/m0/s1. The average molecular weight is 385 g/mol. The highest BCUT2D eigenvalue weighted by Crippen LogP contribution is 2.52. The van der Waals surface area contributed by atoms with Gasteiger partial charge in [-0.1, -0.05) is 86.3 Å². The maximum atomic E-state index is 13.3. The third kappa shape index (κ3) is 3.33. The van der Waals surface area contributed by atoms with Crippen LogP contribution in [0.4, 0.5) is 0 Å². The van der Waals surface area contributed by atoms with Crippen molar-refractivity contribution in [1.82, 2.24) is 0 Å². The van der Waals surface area contributed by atoms with E-state index in [0.29, 0.717) is 6.42 Å². The number of ether oxygens (including phenoxy) is 1. The summed E-state index contributed by atoms with van der Waals surface area (Å²) in [4.78, 5) is 13.3. The van der Waals surface area contributed by atoms with Gasteiger partial charge in [0.15, 0.2) is 5.09 Å². The average Bonchev–Trinajstić information content (AvgIpc) is 2.70. The molecule has 2 nitrogen and oxygen atoms in total. The summed E-state index contributed by atoms with van der Waals surface area (Å²) in [6.45, 7) is 4.18. The van der Waals surface area contributed by atoms with Gasteiger partial charge in [-0.3, -0.25) is 4.79 Å². The summed E-state index contributed by atoms with van der Waals surface area (Å²) in [5.74, 6) is -0.138. The first-order valence-electron chi connectivity index (χ1n) is 8.93. The van der Waals surface area contributed by atoms with Crippen molar-refractivity contribution in [2.24, 2.45) is 0 Å². The highest BCUT2D eigenvalue weighted by Gasteiger charge is 2.52. The minimum atomic E-state index is -0.621. The van der Waals surface area contributed by atoms with Crippen molar-refractivity contribution in [3.63, 3.8) is 0 Å². The Balaban J connectivity index is 2.06. The van der Waals surface area contributed by atoms with E-state index in [1.165, 1.54) is 0 Å². The maximum Gasteiger partial charge on any atom is 0.324 e. The van der Waals surface area contributed by atoms with Crippen LogP contribution >= 0.6 is 23.5 Å². The molecule has 4 heteroatoms. The van der Waals surface area contributed by atoms with Gasteiger partial charge in [-0.25, -0.2) is 0 Å². The van der Waals surface area contributed by atoms with E-state index in [-0.39, 0.29) is 10.6 Å². The highest BCUT2D eigenvalue weighted by molar-refractivity contribution is 8.18. The molecule has 2 aromatic carbocycles. The number of thioether (sulfide) groups is 2. The topological polar surface area (TPSA) is 26.3 Å². The van der Waals surface area contributed by atoms with Crippen LogP contribution in [0, 0.1) is 0 Å². The van der Waals surface area contributed by atoms with Crippen molar-refractivity contribution in [1.29, 1.82) is 0 Å². The van der Waals surface area contributed by atoms with Crippen molar-refractivity contribution in [2.45, 2.75) is 36.7 Å². The van der Waals surface area contributed by atoms with Crippen LogP contribution in [0.2, 0.25) is 0 Å². The van der Waals surface area contributed by atoms with Crippen molar-refractivity contribution >= 4 is 35.1 Å². The summed E-state index contributed by atoms with van der Waals surface area (Å²) < 4.78 is 6.06. The van der Waals surface area contributed by atoms with Crippen LogP contribution in [-0.2, 0) is 14.9 Å². The number of cyclic esters (lactones) is 1. The van der Waals surface area contributed by atoms with Gasteiger partial charge in [0.05, 0.1) is 4.58 Å². The van der Waals surface area contributed by atoms with Crippen molar-refractivity contribution < 1.29 is 9.53 Å². The molecule has 1 aliphatic rings. The Morgan fingerprint density at radius 2 is 1.69 bits per heavy atom. The Bertz CT molecular complexity index is 786. The first kappa shape index (κ1) is 19.1. The lowest BCUT2D eigenvalue weighted by molar-refractivity contribution is -0.145. The smallest absolute Gasteiger partial charge is 0.324 e. The lowest BCUT2D eigenvalue weighted by Gasteiger charge is -2.41. The number of allylic oxidation sites excluding steroid dienone is 1. The van der Waals surface area contributed by atoms with Crippen molar-refractivity contribution in [2.75, 3.05) is 6.26 Å². The van der Waals surface area contributed by atoms with Gasteiger partial charge in [-0.2, -0.15) is 0 Å². The monoisotopic (exact) mass is 384 g/mol. The molecule has 0 radical (unpaired) electrons. The molecule has 0 unspecified atom stereocenters. The summed E-state index contributed by atoms with van der Waals surface area (Å²) in [5.41, 5.74) is 2.63. The van der Waals surface area contributed by atoms with E-state index in [2.05, 4.69) is 32.2 Å². The maximum absolute atomic E-state index is 13.3. The van der Waals surface area contributed by atoms with Crippen molar-refractivity contribution in [3.05, 3.63) is 76.9 Å². The number of hydrogen-bond donors (Lipinski definition) is 0. The highest BCUT2D eigenvalue weighted by atomic mass is 32.2. The molecule has 136 valence electrons. The van der Waals surface area contributed by atoms with E-state index in [1.54, 1.807) is 23.5 Å². The summed E-state index contributed by atoms with van der Waals surface area (Å²) in [7, 11) is 0. The second-order valence-electron chi connectivity index (χ2n) is 6.25. The van der Waals surface area contributed by atoms with Crippen molar-refractivity contribution in [3.8, 4) is 0 Å². The minimum Gasteiger partial charge on any atom is -0.418 e. The molecule has 0 spiro atoms.